The molecule has 0 aromatic carbocycles. The van der Waals surface area contributed by atoms with Crippen LogP contribution in [0.25, 0.3) is 0 Å². The standard InChI is InChI=1S/C14H21N5O/c1-18(8-2-6-15)14(20)11-19-9-4-12(5-10-19)13-3-7-16-17-13/h3,7,12H,2,4-5,8-11H2,1H3,(H,16,17). The van der Waals surface area contributed by atoms with Crippen LogP contribution in [0.2, 0.25) is 0 Å². The Bertz CT molecular complexity index is 456. The Kier molecular flexibility index (Phi) is 5.13. The Morgan fingerprint density at radius 3 is 2.95 bits per heavy atom. The Morgan fingerprint density at radius 1 is 1.60 bits per heavy atom. The molecule has 0 aliphatic carbocycles. The first kappa shape index (κ1) is 14.5. The zero-order valence-electron chi connectivity index (χ0n) is 11.9. The Balaban J connectivity index is 1.74. The molecule has 1 fully saturated rings. The van der Waals surface area contributed by atoms with Gasteiger partial charge in [-0.15, -0.1) is 0 Å². The number of aromatic nitrogens is 2. The molecule has 1 aromatic heterocycles. The number of likely N-dealkylation sites (N-methyl/N-ethyl adjacent to an activating group) is 1. The van der Waals surface area contributed by atoms with E-state index in [2.05, 4.69) is 21.2 Å². The second-order valence-corrected chi connectivity index (χ2v) is 5.29. The van der Waals surface area contributed by atoms with Crippen LogP contribution in [0.15, 0.2) is 12.3 Å². The van der Waals surface area contributed by atoms with E-state index in [9.17, 15) is 4.79 Å². The summed E-state index contributed by atoms with van der Waals surface area (Å²) in [4.78, 5) is 15.8. The number of aromatic amines is 1. The first-order valence-corrected chi connectivity index (χ1v) is 7.03. The fourth-order valence-corrected chi connectivity index (χ4v) is 2.55. The van der Waals surface area contributed by atoms with Crippen molar-refractivity contribution in [3.05, 3.63) is 18.0 Å². The molecule has 0 saturated carbocycles. The minimum Gasteiger partial charge on any atom is -0.344 e. The van der Waals surface area contributed by atoms with E-state index in [1.807, 2.05) is 6.07 Å². The minimum absolute atomic E-state index is 0.0974. The third-order valence-electron chi connectivity index (χ3n) is 3.89. The Morgan fingerprint density at radius 2 is 2.35 bits per heavy atom. The fourth-order valence-electron chi connectivity index (χ4n) is 2.55. The van der Waals surface area contributed by atoms with Gasteiger partial charge in [0.25, 0.3) is 0 Å². The molecule has 1 aromatic rings. The number of carbonyl (C=O) groups excluding carboxylic acids is 1. The maximum Gasteiger partial charge on any atom is 0.236 e. The first-order chi connectivity index (χ1) is 9.70. The summed E-state index contributed by atoms with van der Waals surface area (Å²) in [5.41, 5.74) is 1.20. The van der Waals surface area contributed by atoms with Gasteiger partial charge in [-0.2, -0.15) is 10.4 Å². The van der Waals surface area contributed by atoms with Gasteiger partial charge in [0, 0.05) is 31.4 Å². The van der Waals surface area contributed by atoms with Gasteiger partial charge in [0.2, 0.25) is 5.91 Å². The van der Waals surface area contributed by atoms with Crippen LogP contribution in [0.1, 0.15) is 30.9 Å². The smallest absolute Gasteiger partial charge is 0.236 e. The van der Waals surface area contributed by atoms with Gasteiger partial charge in [0.1, 0.15) is 0 Å². The number of amides is 1. The summed E-state index contributed by atoms with van der Waals surface area (Å²) >= 11 is 0. The third kappa shape index (κ3) is 3.81. The van der Waals surface area contributed by atoms with Gasteiger partial charge in [0.15, 0.2) is 0 Å². The molecule has 0 spiro atoms. The maximum atomic E-state index is 12.0. The van der Waals surface area contributed by atoms with E-state index >= 15 is 0 Å². The molecular weight excluding hydrogens is 254 g/mol. The van der Waals surface area contributed by atoms with Gasteiger partial charge in [-0.25, -0.2) is 0 Å². The number of H-pyrrole nitrogens is 1. The van der Waals surface area contributed by atoms with Crippen LogP contribution in [-0.2, 0) is 4.79 Å². The van der Waals surface area contributed by atoms with Gasteiger partial charge in [-0.05, 0) is 32.0 Å². The third-order valence-corrected chi connectivity index (χ3v) is 3.89. The molecule has 20 heavy (non-hydrogen) atoms. The molecule has 108 valence electrons. The number of piperidine rings is 1. The van der Waals surface area contributed by atoms with Crippen molar-refractivity contribution in [3.63, 3.8) is 0 Å². The van der Waals surface area contributed by atoms with Crippen LogP contribution < -0.4 is 0 Å². The molecule has 0 bridgehead atoms. The van der Waals surface area contributed by atoms with Crippen LogP contribution in [0.5, 0.6) is 0 Å². The van der Waals surface area contributed by atoms with Crippen LogP contribution >= 0.6 is 0 Å². The van der Waals surface area contributed by atoms with E-state index in [1.54, 1.807) is 18.1 Å². The van der Waals surface area contributed by atoms with Crippen molar-refractivity contribution >= 4 is 5.91 Å². The van der Waals surface area contributed by atoms with Crippen molar-refractivity contribution in [1.82, 2.24) is 20.0 Å². The lowest BCUT2D eigenvalue weighted by Crippen LogP contribution is -2.42. The highest BCUT2D eigenvalue weighted by Crippen LogP contribution is 2.25. The topological polar surface area (TPSA) is 76.0 Å². The van der Waals surface area contributed by atoms with Gasteiger partial charge in [-0.3, -0.25) is 14.8 Å². The van der Waals surface area contributed by atoms with E-state index in [0.29, 0.717) is 25.4 Å². The largest absolute Gasteiger partial charge is 0.344 e. The molecule has 1 aliphatic rings. The molecule has 1 N–H and O–H groups in total. The molecule has 0 unspecified atom stereocenters. The predicted molar refractivity (Wildman–Crippen MR) is 74.9 cm³/mol. The van der Waals surface area contributed by atoms with Crippen molar-refractivity contribution in [2.45, 2.75) is 25.2 Å². The molecule has 1 amide bonds. The summed E-state index contributed by atoms with van der Waals surface area (Å²) in [5, 5.41) is 15.6. The average molecular weight is 275 g/mol. The second kappa shape index (κ2) is 7.06. The molecule has 0 atom stereocenters. The average Bonchev–Trinajstić information content (AvgIpc) is 2.99. The quantitative estimate of drug-likeness (QED) is 0.868. The van der Waals surface area contributed by atoms with Gasteiger partial charge >= 0.3 is 0 Å². The van der Waals surface area contributed by atoms with E-state index in [0.717, 1.165) is 25.9 Å². The summed E-state index contributed by atoms with van der Waals surface area (Å²) < 4.78 is 0. The summed E-state index contributed by atoms with van der Waals surface area (Å²) in [6, 6.07) is 4.09. The summed E-state index contributed by atoms with van der Waals surface area (Å²) in [6.07, 6.45) is 4.29. The molecule has 1 saturated heterocycles. The number of rotatable bonds is 5. The molecule has 2 heterocycles. The fraction of sp³-hybridized carbons (Fsp3) is 0.643. The zero-order chi connectivity index (χ0) is 14.4. The molecule has 6 nitrogen and oxygen atoms in total. The van der Waals surface area contributed by atoms with Crippen molar-refractivity contribution in [2.75, 3.05) is 33.2 Å². The highest BCUT2D eigenvalue weighted by molar-refractivity contribution is 5.78. The maximum absolute atomic E-state index is 12.0. The van der Waals surface area contributed by atoms with Gasteiger partial charge < -0.3 is 4.90 Å². The Labute approximate surface area is 119 Å². The van der Waals surface area contributed by atoms with E-state index in [4.69, 9.17) is 5.26 Å². The normalized spacial score (nSPS) is 16.8. The van der Waals surface area contributed by atoms with E-state index < -0.39 is 0 Å². The lowest BCUT2D eigenvalue weighted by Gasteiger charge is -2.31. The highest BCUT2D eigenvalue weighted by atomic mass is 16.2. The van der Waals surface area contributed by atoms with E-state index in [-0.39, 0.29) is 5.91 Å². The monoisotopic (exact) mass is 275 g/mol. The summed E-state index contributed by atoms with van der Waals surface area (Å²) in [6.45, 7) is 2.83. The van der Waals surface area contributed by atoms with Crippen LogP contribution in [-0.4, -0.2) is 59.1 Å². The number of carbonyl (C=O) groups is 1. The number of hydrogen-bond acceptors (Lipinski definition) is 4. The SMILES string of the molecule is CN(CCC#N)C(=O)CN1CCC(c2ccn[nH]2)CC1. The molecule has 2 rings (SSSR count). The Hall–Kier alpha value is -1.87. The minimum atomic E-state index is 0.0974. The van der Waals surface area contributed by atoms with Crippen LogP contribution in [0, 0.1) is 11.3 Å². The molecule has 0 radical (unpaired) electrons. The lowest BCUT2D eigenvalue weighted by atomic mass is 9.94. The summed E-state index contributed by atoms with van der Waals surface area (Å²) in [5.74, 6) is 0.625. The van der Waals surface area contributed by atoms with Crippen LogP contribution in [0.4, 0.5) is 0 Å². The number of nitrogens with one attached hydrogen (secondary N) is 1. The van der Waals surface area contributed by atoms with Crippen LogP contribution in [0.3, 0.4) is 0 Å². The van der Waals surface area contributed by atoms with Gasteiger partial charge in [0.05, 0.1) is 19.0 Å². The lowest BCUT2D eigenvalue weighted by molar-refractivity contribution is -0.131. The second-order valence-electron chi connectivity index (χ2n) is 5.29. The highest BCUT2D eigenvalue weighted by Gasteiger charge is 2.23. The molecule has 6 heteroatoms. The zero-order valence-corrected chi connectivity index (χ0v) is 11.9. The van der Waals surface area contributed by atoms with Gasteiger partial charge in [-0.1, -0.05) is 0 Å². The molecule has 1 aliphatic heterocycles. The van der Waals surface area contributed by atoms with E-state index in [1.165, 1.54) is 5.69 Å². The number of nitrogens with zero attached hydrogens (tertiary/aromatic N) is 4. The van der Waals surface area contributed by atoms with Crippen molar-refractivity contribution in [1.29, 1.82) is 5.26 Å². The number of likely N-dealkylation sites (tertiary alicyclic amines) is 1. The predicted octanol–water partition coefficient (Wildman–Crippen LogP) is 0.961. The van der Waals surface area contributed by atoms with Crippen molar-refractivity contribution in [3.8, 4) is 6.07 Å². The number of hydrogen-bond donors (Lipinski definition) is 1. The summed E-state index contributed by atoms with van der Waals surface area (Å²) in [7, 11) is 1.76. The van der Waals surface area contributed by atoms with Crippen molar-refractivity contribution < 1.29 is 4.79 Å². The first-order valence-electron chi connectivity index (χ1n) is 7.03. The number of nitriles is 1. The molecular formula is C14H21N5O. The van der Waals surface area contributed by atoms with Crippen molar-refractivity contribution in [2.24, 2.45) is 0 Å².